The van der Waals surface area contributed by atoms with Crippen LogP contribution in [0.1, 0.15) is 68.2 Å². The van der Waals surface area contributed by atoms with Crippen molar-refractivity contribution in [3.8, 4) is 0 Å². The van der Waals surface area contributed by atoms with Crippen LogP contribution in [0.2, 0.25) is 36.3 Å². The summed E-state index contributed by atoms with van der Waals surface area (Å²) in [6.07, 6.45) is 5.30. The van der Waals surface area contributed by atoms with Crippen molar-refractivity contribution in [3.05, 3.63) is 48.2 Å². The van der Waals surface area contributed by atoms with Gasteiger partial charge < -0.3 is 23.2 Å². The number of amides is 2. The van der Waals surface area contributed by atoms with Gasteiger partial charge in [-0.2, -0.15) is 0 Å². The van der Waals surface area contributed by atoms with Crippen molar-refractivity contribution in [1.29, 1.82) is 0 Å². The fourth-order valence-corrected chi connectivity index (χ4v) is 8.78. The second-order valence-corrected chi connectivity index (χ2v) is 25.5. The molecule has 2 amide bonds. The van der Waals surface area contributed by atoms with Crippen molar-refractivity contribution >= 4 is 34.6 Å². The molecule has 11 heteroatoms. The maximum absolute atomic E-state index is 13.7. The molecule has 9 nitrogen and oxygen atoms in total. The third kappa shape index (κ3) is 7.80. The van der Waals surface area contributed by atoms with Crippen LogP contribution in [0.3, 0.4) is 0 Å². The van der Waals surface area contributed by atoms with E-state index in [1.807, 2.05) is 19.9 Å². The molecule has 2 fully saturated rings. The molecule has 0 aromatic rings. The van der Waals surface area contributed by atoms with Crippen LogP contribution >= 0.6 is 0 Å². The molecule has 0 radical (unpaired) electrons. The molecule has 0 N–H and O–H groups in total. The summed E-state index contributed by atoms with van der Waals surface area (Å²) < 4.78 is 24.3. The highest BCUT2D eigenvalue weighted by atomic mass is 28.4. The molecule has 258 valence electrons. The van der Waals surface area contributed by atoms with Crippen molar-refractivity contribution in [1.82, 2.24) is 9.80 Å². The van der Waals surface area contributed by atoms with Crippen LogP contribution < -0.4 is 0 Å². The summed E-state index contributed by atoms with van der Waals surface area (Å²) in [6, 6.07) is -0.519. The Morgan fingerprint density at radius 1 is 0.978 bits per heavy atom. The molecule has 46 heavy (non-hydrogen) atoms. The zero-order chi connectivity index (χ0) is 35.0. The SMILES string of the molecule is C=CCOC(=O)C1=C(C(C)=C[C@@H]2C[C@H](O[Si](C)(C)C(C)(C)C)CN2C(=O)OCC=C)C[C@@H]2[C@@H]([C@@H](C)O[Si](C)(C)C(C)(C)C)C(=O)N12. The lowest BCUT2D eigenvalue weighted by Crippen LogP contribution is -2.63. The highest BCUT2D eigenvalue weighted by Gasteiger charge is 2.58. The van der Waals surface area contributed by atoms with Crippen molar-refractivity contribution in [2.24, 2.45) is 5.92 Å². The van der Waals surface area contributed by atoms with Gasteiger partial charge in [0.05, 0.1) is 30.2 Å². The highest BCUT2D eigenvalue weighted by Crippen LogP contribution is 2.48. The molecule has 3 rings (SSSR count). The molecule has 0 aromatic carbocycles. The molecule has 0 bridgehead atoms. The number of β-lactam (4-membered cyclic amide) rings is 1. The van der Waals surface area contributed by atoms with Gasteiger partial charge in [0.2, 0.25) is 5.91 Å². The van der Waals surface area contributed by atoms with Gasteiger partial charge in [-0.05, 0) is 74.1 Å². The van der Waals surface area contributed by atoms with Crippen molar-refractivity contribution < 1.29 is 32.7 Å². The minimum atomic E-state index is -2.13. The summed E-state index contributed by atoms with van der Waals surface area (Å²) in [5.74, 6) is -1.04. The quantitative estimate of drug-likeness (QED) is 0.0925. The average Bonchev–Trinajstić information content (AvgIpc) is 3.47. The lowest BCUT2D eigenvalue weighted by atomic mass is 9.82. The summed E-state index contributed by atoms with van der Waals surface area (Å²) in [7, 11) is -4.24. The Kier molecular flexibility index (Phi) is 11.5. The van der Waals surface area contributed by atoms with E-state index in [0.717, 1.165) is 11.1 Å². The smallest absolute Gasteiger partial charge is 0.410 e. The Balaban J connectivity index is 1.96. The summed E-state index contributed by atoms with van der Waals surface area (Å²) in [4.78, 5) is 43.7. The maximum Gasteiger partial charge on any atom is 0.410 e. The second kappa shape index (κ2) is 13.9. The van der Waals surface area contributed by atoms with Gasteiger partial charge in [0, 0.05) is 6.54 Å². The number of ether oxygens (including phenoxy) is 2. The number of allylic oxidation sites excluding steroid dienone is 1. The molecular formula is C35H58N2O7Si2. The summed E-state index contributed by atoms with van der Waals surface area (Å²) >= 11 is 0. The Bertz CT molecular complexity index is 1270. The molecule has 3 heterocycles. The van der Waals surface area contributed by atoms with Gasteiger partial charge in [-0.1, -0.05) is 72.9 Å². The number of fused-ring (bicyclic) bond motifs is 1. The number of esters is 1. The minimum absolute atomic E-state index is 0.00204. The van der Waals surface area contributed by atoms with Gasteiger partial charge in [-0.25, -0.2) is 9.59 Å². The molecule has 0 aromatic heterocycles. The molecule has 3 aliphatic heterocycles. The topological polar surface area (TPSA) is 94.6 Å². The van der Waals surface area contributed by atoms with E-state index in [0.29, 0.717) is 19.4 Å². The van der Waals surface area contributed by atoms with E-state index in [9.17, 15) is 14.4 Å². The van der Waals surface area contributed by atoms with Crippen LogP contribution in [-0.4, -0.2) is 88.5 Å². The maximum atomic E-state index is 13.7. The third-order valence-corrected chi connectivity index (χ3v) is 19.7. The highest BCUT2D eigenvalue weighted by molar-refractivity contribution is 6.74. The predicted octanol–water partition coefficient (Wildman–Crippen LogP) is 7.34. The lowest BCUT2D eigenvalue weighted by molar-refractivity contribution is -0.161. The van der Waals surface area contributed by atoms with Crippen molar-refractivity contribution in [2.45, 2.75) is 129 Å². The molecular weight excluding hydrogens is 617 g/mol. The second-order valence-electron chi connectivity index (χ2n) is 16.0. The van der Waals surface area contributed by atoms with Crippen LogP contribution in [0.25, 0.3) is 0 Å². The predicted molar refractivity (Wildman–Crippen MR) is 187 cm³/mol. The number of hydrogen-bond acceptors (Lipinski definition) is 7. The first-order valence-electron chi connectivity index (χ1n) is 16.5. The fraction of sp³-hybridized carbons (Fsp3) is 0.686. The van der Waals surface area contributed by atoms with Crippen LogP contribution in [0.5, 0.6) is 0 Å². The first kappa shape index (κ1) is 38.0. The summed E-state index contributed by atoms with van der Waals surface area (Å²) in [5, 5.41) is 0.0144. The molecule has 0 aliphatic carbocycles. The van der Waals surface area contributed by atoms with Crippen molar-refractivity contribution in [3.63, 3.8) is 0 Å². The molecule has 2 saturated heterocycles. The van der Waals surface area contributed by atoms with Gasteiger partial charge in [0.15, 0.2) is 16.6 Å². The molecule has 0 spiro atoms. The molecule has 0 unspecified atom stereocenters. The zero-order valence-corrected chi connectivity index (χ0v) is 32.3. The van der Waals surface area contributed by atoms with E-state index in [4.69, 9.17) is 18.3 Å². The standard InChI is InChI=1S/C35H58N2O7Si2/c1-15-17-41-32(39)30-27(21-28-29(31(38)37(28)30)24(4)43-45(11,12)34(5,6)7)23(3)19-25-20-26(44-46(13,14)35(8,9)10)22-36(25)33(40)42-18-16-2/h15-16,19,24-26,28-29H,1-2,17-18,20-22H2,3-14H3/t24-,25-,26+,28-,29-/m1/s1. The number of nitrogens with zero attached hydrogens (tertiary/aromatic N) is 2. The number of likely N-dealkylation sites (tertiary alicyclic amines) is 1. The first-order chi connectivity index (χ1) is 21.1. The number of carbonyl (C=O) groups excluding carboxylic acids is 3. The Hall–Kier alpha value is -2.48. The van der Waals surface area contributed by atoms with Gasteiger partial charge in [-0.3, -0.25) is 9.69 Å². The van der Waals surface area contributed by atoms with Crippen LogP contribution in [0.15, 0.2) is 48.2 Å². The number of hydrogen-bond donors (Lipinski definition) is 0. The van der Waals surface area contributed by atoms with E-state index < -0.39 is 28.7 Å². The number of rotatable bonds is 12. The summed E-state index contributed by atoms with van der Waals surface area (Å²) in [5.41, 5.74) is 1.85. The van der Waals surface area contributed by atoms with Crippen LogP contribution in [0, 0.1) is 5.92 Å². The lowest BCUT2D eigenvalue weighted by Gasteiger charge is -2.48. The van der Waals surface area contributed by atoms with Crippen LogP contribution in [-0.2, 0) is 27.9 Å². The van der Waals surface area contributed by atoms with Gasteiger partial charge >= 0.3 is 12.1 Å². The first-order valence-corrected chi connectivity index (χ1v) is 22.3. The Labute approximate surface area is 279 Å². The minimum Gasteiger partial charge on any atom is -0.457 e. The monoisotopic (exact) mass is 674 g/mol. The van der Waals surface area contributed by atoms with E-state index in [1.54, 1.807) is 15.9 Å². The van der Waals surface area contributed by atoms with Gasteiger partial charge in [0.1, 0.15) is 18.9 Å². The van der Waals surface area contributed by atoms with Crippen LogP contribution in [0.4, 0.5) is 4.79 Å². The van der Waals surface area contributed by atoms with E-state index in [1.165, 1.54) is 6.08 Å². The van der Waals surface area contributed by atoms with Gasteiger partial charge in [-0.15, -0.1) is 0 Å². The zero-order valence-electron chi connectivity index (χ0n) is 30.3. The molecule has 5 atom stereocenters. The average molecular weight is 675 g/mol. The molecule has 0 saturated carbocycles. The summed E-state index contributed by atoms with van der Waals surface area (Å²) in [6.45, 7) is 33.7. The normalized spacial score (nSPS) is 24.9. The third-order valence-electron chi connectivity index (χ3n) is 10.6. The van der Waals surface area contributed by atoms with E-state index in [-0.39, 0.29) is 65.1 Å². The van der Waals surface area contributed by atoms with Crippen molar-refractivity contribution in [2.75, 3.05) is 19.8 Å². The molecule has 3 aliphatic rings. The fourth-order valence-electron chi connectivity index (χ4n) is 5.99. The van der Waals surface area contributed by atoms with E-state index in [2.05, 4.69) is 80.9 Å². The Morgan fingerprint density at radius 2 is 1.54 bits per heavy atom. The number of carbonyl (C=O) groups is 3. The van der Waals surface area contributed by atoms with E-state index >= 15 is 0 Å². The Morgan fingerprint density at radius 3 is 2.09 bits per heavy atom. The largest absolute Gasteiger partial charge is 0.457 e. The van der Waals surface area contributed by atoms with Gasteiger partial charge in [0.25, 0.3) is 0 Å².